The molecule has 0 saturated carbocycles. The van der Waals surface area contributed by atoms with Crippen molar-refractivity contribution >= 4 is 0 Å². The lowest BCUT2D eigenvalue weighted by Gasteiger charge is -2.35. The van der Waals surface area contributed by atoms with Crippen molar-refractivity contribution in [3.05, 3.63) is 23.7 Å². The van der Waals surface area contributed by atoms with Crippen LogP contribution in [-0.4, -0.2) is 31.5 Å². The Morgan fingerprint density at radius 1 is 1.35 bits per heavy atom. The molecule has 0 unspecified atom stereocenters. The monoisotopic (exact) mass is 239 g/mol. The summed E-state index contributed by atoms with van der Waals surface area (Å²) in [6.07, 6.45) is 1.85. The van der Waals surface area contributed by atoms with Crippen LogP contribution in [0, 0.1) is 12.3 Å². The minimum atomic E-state index is -0.0140. The molecule has 2 rings (SSSR count). The maximum atomic E-state index is 9.52. The fourth-order valence-electron chi connectivity index (χ4n) is 2.23. The van der Waals surface area contributed by atoms with Crippen molar-refractivity contribution in [2.24, 2.45) is 5.41 Å². The smallest absolute Gasteiger partial charge is 0.117 e. The van der Waals surface area contributed by atoms with Gasteiger partial charge >= 0.3 is 0 Å². The lowest BCUT2D eigenvalue weighted by atomic mass is 9.81. The van der Waals surface area contributed by atoms with Gasteiger partial charge in [0.25, 0.3) is 0 Å². The average molecular weight is 239 g/mol. The highest BCUT2D eigenvalue weighted by atomic mass is 16.5. The Bertz CT molecular complexity index is 342. The molecule has 1 aliphatic heterocycles. The van der Waals surface area contributed by atoms with E-state index in [0.717, 1.165) is 50.7 Å². The molecule has 2 heterocycles. The van der Waals surface area contributed by atoms with Gasteiger partial charge in [-0.2, -0.15) is 0 Å². The lowest BCUT2D eigenvalue weighted by Crippen LogP contribution is -2.41. The number of aliphatic hydroxyl groups excluding tert-OH is 1. The molecule has 96 valence electrons. The summed E-state index contributed by atoms with van der Waals surface area (Å²) in [6.45, 7) is 5.20. The molecule has 1 saturated heterocycles. The summed E-state index contributed by atoms with van der Waals surface area (Å²) in [5, 5.41) is 12.9. The van der Waals surface area contributed by atoms with Gasteiger partial charge in [-0.05, 0) is 31.9 Å². The van der Waals surface area contributed by atoms with Crippen LogP contribution in [0.25, 0.3) is 0 Å². The highest BCUT2D eigenvalue weighted by Gasteiger charge is 2.31. The van der Waals surface area contributed by atoms with Gasteiger partial charge in [0.05, 0.1) is 13.2 Å². The van der Waals surface area contributed by atoms with E-state index in [1.807, 2.05) is 19.1 Å². The highest BCUT2D eigenvalue weighted by Crippen LogP contribution is 2.29. The van der Waals surface area contributed by atoms with Crippen molar-refractivity contribution in [2.45, 2.75) is 26.3 Å². The van der Waals surface area contributed by atoms with E-state index in [9.17, 15) is 5.11 Å². The van der Waals surface area contributed by atoms with Crippen LogP contribution in [0.2, 0.25) is 0 Å². The normalized spacial score (nSPS) is 19.4. The summed E-state index contributed by atoms with van der Waals surface area (Å²) in [4.78, 5) is 0. The molecule has 4 heteroatoms. The predicted octanol–water partition coefficient (Wildman–Crippen LogP) is 1.47. The Hall–Kier alpha value is -0.840. The summed E-state index contributed by atoms with van der Waals surface area (Å²) < 4.78 is 10.8. The quantitative estimate of drug-likeness (QED) is 0.817. The summed E-state index contributed by atoms with van der Waals surface area (Å²) in [5.74, 6) is 1.88. The van der Waals surface area contributed by atoms with Gasteiger partial charge in [0, 0.05) is 25.2 Å². The number of ether oxygens (including phenoxy) is 1. The zero-order chi connectivity index (χ0) is 12.1. The largest absolute Gasteiger partial charge is 0.465 e. The number of aliphatic hydroxyl groups is 1. The van der Waals surface area contributed by atoms with E-state index < -0.39 is 0 Å². The van der Waals surface area contributed by atoms with Crippen LogP contribution < -0.4 is 5.32 Å². The molecule has 0 spiro atoms. The highest BCUT2D eigenvalue weighted by molar-refractivity contribution is 5.05. The van der Waals surface area contributed by atoms with E-state index in [4.69, 9.17) is 9.15 Å². The van der Waals surface area contributed by atoms with Crippen LogP contribution in [0.5, 0.6) is 0 Å². The van der Waals surface area contributed by atoms with Crippen molar-refractivity contribution < 1.29 is 14.3 Å². The van der Waals surface area contributed by atoms with Gasteiger partial charge < -0.3 is 19.6 Å². The van der Waals surface area contributed by atoms with Crippen LogP contribution in [0.15, 0.2) is 16.5 Å². The SMILES string of the molecule is Cc1ccc(CNCC2(CO)CCOCC2)o1. The number of hydrogen-bond acceptors (Lipinski definition) is 4. The first-order valence-corrected chi connectivity index (χ1v) is 6.19. The van der Waals surface area contributed by atoms with E-state index in [1.165, 1.54) is 0 Å². The molecule has 4 nitrogen and oxygen atoms in total. The van der Waals surface area contributed by atoms with Crippen molar-refractivity contribution in [1.82, 2.24) is 5.32 Å². The molecule has 0 atom stereocenters. The molecule has 0 radical (unpaired) electrons. The first kappa shape index (κ1) is 12.6. The molecule has 1 aliphatic rings. The second-order valence-electron chi connectivity index (χ2n) is 4.89. The zero-order valence-electron chi connectivity index (χ0n) is 10.4. The third kappa shape index (κ3) is 3.31. The standard InChI is InChI=1S/C13H21NO3/c1-11-2-3-12(17-11)8-14-9-13(10-15)4-6-16-7-5-13/h2-3,14-15H,4-10H2,1H3. The third-order valence-electron chi connectivity index (χ3n) is 3.48. The summed E-state index contributed by atoms with van der Waals surface area (Å²) in [6, 6.07) is 3.95. The van der Waals surface area contributed by atoms with Crippen LogP contribution in [0.4, 0.5) is 0 Å². The molecule has 1 aromatic rings. The van der Waals surface area contributed by atoms with E-state index in [2.05, 4.69) is 5.32 Å². The fraction of sp³-hybridized carbons (Fsp3) is 0.692. The number of nitrogens with one attached hydrogen (secondary N) is 1. The van der Waals surface area contributed by atoms with Crippen molar-refractivity contribution in [3.63, 3.8) is 0 Å². The number of furan rings is 1. The van der Waals surface area contributed by atoms with Crippen molar-refractivity contribution in [2.75, 3.05) is 26.4 Å². The van der Waals surface area contributed by atoms with Gasteiger partial charge in [0.1, 0.15) is 11.5 Å². The van der Waals surface area contributed by atoms with Crippen LogP contribution >= 0.6 is 0 Å². The van der Waals surface area contributed by atoms with E-state index in [0.29, 0.717) is 0 Å². The average Bonchev–Trinajstić information content (AvgIpc) is 2.76. The fourth-order valence-corrected chi connectivity index (χ4v) is 2.23. The molecule has 1 fully saturated rings. The van der Waals surface area contributed by atoms with E-state index in [1.54, 1.807) is 0 Å². The number of rotatable bonds is 5. The van der Waals surface area contributed by atoms with Crippen LogP contribution in [0.3, 0.4) is 0 Å². The molecular weight excluding hydrogens is 218 g/mol. The first-order chi connectivity index (χ1) is 8.24. The third-order valence-corrected chi connectivity index (χ3v) is 3.48. The van der Waals surface area contributed by atoms with Crippen LogP contribution in [0.1, 0.15) is 24.4 Å². The molecule has 2 N–H and O–H groups in total. The Labute approximate surface area is 102 Å². The molecule has 0 aromatic carbocycles. The van der Waals surface area contributed by atoms with Gasteiger partial charge in [-0.25, -0.2) is 0 Å². The topological polar surface area (TPSA) is 54.6 Å². The van der Waals surface area contributed by atoms with Gasteiger partial charge in [-0.15, -0.1) is 0 Å². The van der Waals surface area contributed by atoms with E-state index in [-0.39, 0.29) is 12.0 Å². The van der Waals surface area contributed by atoms with E-state index >= 15 is 0 Å². The number of aryl methyl sites for hydroxylation is 1. The maximum absolute atomic E-state index is 9.52. The Morgan fingerprint density at radius 3 is 2.71 bits per heavy atom. The maximum Gasteiger partial charge on any atom is 0.117 e. The van der Waals surface area contributed by atoms with Crippen molar-refractivity contribution in [3.8, 4) is 0 Å². The molecular formula is C13H21NO3. The second-order valence-corrected chi connectivity index (χ2v) is 4.89. The van der Waals surface area contributed by atoms with Gasteiger partial charge in [0.2, 0.25) is 0 Å². The first-order valence-electron chi connectivity index (χ1n) is 6.19. The molecule has 0 aliphatic carbocycles. The summed E-state index contributed by atoms with van der Waals surface area (Å²) in [7, 11) is 0. The number of hydrogen-bond donors (Lipinski definition) is 2. The Kier molecular flexibility index (Phi) is 4.20. The van der Waals surface area contributed by atoms with Gasteiger partial charge in [-0.3, -0.25) is 0 Å². The Morgan fingerprint density at radius 2 is 2.12 bits per heavy atom. The molecule has 0 bridgehead atoms. The minimum absolute atomic E-state index is 0.0140. The molecule has 1 aromatic heterocycles. The molecule has 0 amide bonds. The molecule has 17 heavy (non-hydrogen) atoms. The van der Waals surface area contributed by atoms with Gasteiger partial charge in [-0.1, -0.05) is 0 Å². The Balaban J connectivity index is 1.79. The van der Waals surface area contributed by atoms with Crippen LogP contribution in [-0.2, 0) is 11.3 Å². The van der Waals surface area contributed by atoms with Crippen molar-refractivity contribution in [1.29, 1.82) is 0 Å². The lowest BCUT2D eigenvalue weighted by molar-refractivity contribution is -0.0155. The second kappa shape index (κ2) is 5.67. The minimum Gasteiger partial charge on any atom is -0.465 e. The summed E-state index contributed by atoms with van der Waals surface area (Å²) >= 11 is 0. The summed E-state index contributed by atoms with van der Waals surface area (Å²) in [5.41, 5.74) is -0.0140. The van der Waals surface area contributed by atoms with Gasteiger partial charge in [0.15, 0.2) is 0 Å². The zero-order valence-corrected chi connectivity index (χ0v) is 10.4. The predicted molar refractivity (Wildman–Crippen MR) is 64.7 cm³/mol.